The minimum Gasteiger partial charge on any atom is -0.370 e. The van der Waals surface area contributed by atoms with Gasteiger partial charge in [-0.25, -0.2) is 4.98 Å². The van der Waals surface area contributed by atoms with Crippen LogP contribution >= 0.6 is 35.2 Å². The Kier molecular flexibility index (Phi) is 7.12. The Hall–Kier alpha value is -2.94. The lowest BCUT2D eigenvalue weighted by molar-refractivity contribution is 0.357. The molecule has 2 aliphatic heterocycles. The summed E-state index contributed by atoms with van der Waals surface area (Å²) in [4.78, 5) is 13.9. The number of pyridine rings is 1. The maximum atomic E-state index is 7.00. The number of piperidine rings is 1. The number of aromatic nitrogens is 3. The smallest absolute Gasteiger partial charge is 0.193 e. The van der Waals surface area contributed by atoms with Crippen molar-refractivity contribution in [3.8, 4) is 5.13 Å². The first-order chi connectivity index (χ1) is 18.8. The minimum atomic E-state index is -0.119. The van der Waals surface area contributed by atoms with E-state index in [-0.39, 0.29) is 12.1 Å². The molecule has 5 heterocycles. The van der Waals surface area contributed by atoms with E-state index in [4.69, 9.17) is 28.8 Å². The van der Waals surface area contributed by atoms with Gasteiger partial charge in [-0.2, -0.15) is 0 Å². The van der Waals surface area contributed by atoms with Crippen LogP contribution in [0.1, 0.15) is 55.0 Å². The number of rotatable bonds is 5. The Balaban J connectivity index is 1.43. The number of thiocarbonyl (C=S) groups is 1. The predicted octanol–water partition coefficient (Wildman–Crippen LogP) is 7.26. The van der Waals surface area contributed by atoms with E-state index in [0.717, 1.165) is 51.7 Å². The van der Waals surface area contributed by atoms with Crippen LogP contribution in [0.4, 0.5) is 11.4 Å². The Morgan fingerprint density at radius 1 is 1.03 bits per heavy atom. The normalized spacial score (nSPS) is 23.4. The molecule has 0 saturated carbocycles. The standard InChI is InChI=1S/C30H33ClN6S2/c1-18-13-19(2)17-35(16-18)26-9-8-22(15-24(26)31)37-28(27(34-29(37)38)25-7-5-6-10-32-25)23-14-20(3)36(21(23)4)30-33-11-12-39-30/h5-12,14-15,18-19,27-28H,13,16-17H2,1-4H3,(H,34,38)/t18-,19+,27-,28+/m1/s1. The maximum absolute atomic E-state index is 7.00. The molecule has 39 heavy (non-hydrogen) atoms. The Bertz CT molecular complexity index is 1470. The van der Waals surface area contributed by atoms with E-state index >= 15 is 0 Å². The zero-order valence-corrected chi connectivity index (χ0v) is 25.0. The third-order valence-corrected chi connectivity index (χ3v) is 9.29. The van der Waals surface area contributed by atoms with Crippen molar-refractivity contribution in [2.75, 3.05) is 22.9 Å². The van der Waals surface area contributed by atoms with Gasteiger partial charge in [-0.3, -0.25) is 9.55 Å². The number of aryl methyl sites for hydroxylation is 1. The highest BCUT2D eigenvalue weighted by atomic mass is 35.5. The molecule has 1 aromatic carbocycles. The van der Waals surface area contributed by atoms with Crippen LogP contribution in [0.5, 0.6) is 0 Å². The highest BCUT2D eigenvalue weighted by Gasteiger charge is 2.42. The fourth-order valence-corrected chi connectivity index (χ4v) is 7.81. The quantitative estimate of drug-likeness (QED) is 0.252. The van der Waals surface area contributed by atoms with Crippen LogP contribution in [0.25, 0.3) is 5.13 Å². The number of hydrogen-bond acceptors (Lipinski definition) is 5. The minimum absolute atomic E-state index is 0.107. The molecule has 4 atom stereocenters. The van der Waals surface area contributed by atoms with E-state index in [1.165, 1.54) is 12.0 Å². The van der Waals surface area contributed by atoms with E-state index in [0.29, 0.717) is 16.9 Å². The molecule has 9 heteroatoms. The van der Waals surface area contributed by atoms with E-state index in [2.05, 4.69) is 82.7 Å². The first-order valence-corrected chi connectivity index (χ1v) is 15.1. The number of hydrogen-bond donors (Lipinski definition) is 1. The average molecular weight is 577 g/mol. The van der Waals surface area contributed by atoms with Crippen molar-refractivity contribution in [1.29, 1.82) is 0 Å². The second kappa shape index (κ2) is 10.6. The number of benzene rings is 1. The molecule has 1 N–H and O–H groups in total. The highest BCUT2D eigenvalue weighted by Crippen LogP contribution is 2.45. The molecule has 6 nitrogen and oxygen atoms in total. The van der Waals surface area contributed by atoms with Crippen LogP contribution in [0.15, 0.2) is 60.2 Å². The molecule has 2 fully saturated rings. The Labute approximate surface area is 244 Å². The molecule has 4 aromatic rings. The maximum Gasteiger partial charge on any atom is 0.193 e. The molecular formula is C30H33ClN6S2. The Morgan fingerprint density at radius 3 is 2.49 bits per heavy atom. The fourth-order valence-electron chi connectivity index (χ4n) is 6.42. The fraction of sp³-hybridized carbons (Fsp3) is 0.367. The van der Waals surface area contributed by atoms with E-state index in [9.17, 15) is 0 Å². The second-order valence-corrected chi connectivity index (χ2v) is 12.6. The third-order valence-electron chi connectivity index (χ3n) is 7.92. The van der Waals surface area contributed by atoms with Gasteiger partial charge in [0.15, 0.2) is 10.2 Å². The molecule has 0 aliphatic carbocycles. The average Bonchev–Trinajstić information content (AvgIpc) is 3.61. The summed E-state index contributed by atoms with van der Waals surface area (Å²) in [7, 11) is 0. The van der Waals surface area contributed by atoms with Gasteiger partial charge in [0.25, 0.3) is 0 Å². The summed E-state index contributed by atoms with van der Waals surface area (Å²) in [5.41, 5.74) is 6.48. The van der Waals surface area contributed by atoms with Crippen molar-refractivity contribution in [1.82, 2.24) is 19.9 Å². The molecule has 0 bridgehead atoms. The van der Waals surface area contributed by atoms with E-state index in [1.807, 2.05) is 29.9 Å². The summed E-state index contributed by atoms with van der Waals surface area (Å²) < 4.78 is 2.23. The third kappa shape index (κ3) is 4.83. The van der Waals surface area contributed by atoms with Crippen molar-refractivity contribution in [2.24, 2.45) is 11.8 Å². The number of thiazole rings is 1. The monoisotopic (exact) mass is 576 g/mol. The molecule has 3 aromatic heterocycles. The van der Waals surface area contributed by atoms with Gasteiger partial charge in [-0.05, 0) is 86.3 Å². The molecular weight excluding hydrogens is 544 g/mol. The van der Waals surface area contributed by atoms with Crippen LogP contribution in [-0.4, -0.2) is 32.7 Å². The molecule has 0 radical (unpaired) electrons. The molecule has 6 rings (SSSR count). The molecule has 0 amide bonds. The number of halogens is 1. The largest absolute Gasteiger partial charge is 0.370 e. The van der Waals surface area contributed by atoms with Crippen LogP contribution in [0.2, 0.25) is 5.02 Å². The molecule has 0 unspecified atom stereocenters. The first kappa shape index (κ1) is 26.3. The van der Waals surface area contributed by atoms with Gasteiger partial charge in [0, 0.05) is 47.9 Å². The van der Waals surface area contributed by atoms with Crippen molar-refractivity contribution >= 4 is 51.6 Å². The van der Waals surface area contributed by atoms with Crippen LogP contribution in [-0.2, 0) is 0 Å². The van der Waals surface area contributed by atoms with Gasteiger partial charge in [0.2, 0.25) is 0 Å². The second-order valence-electron chi connectivity index (χ2n) is 11.0. The molecule has 2 aliphatic rings. The SMILES string of the molecule is Cc1cc([C@H]2[C@@H](c3ccccn3)NC(=S)N2c2ccc(N3C[C@H](C)C[C@H](C)C3)c(Cl)c2)c(C)n1-c1nccs1. The predicted molar refractivity (Wildman–Crippen MR) is 165 cm³/mol. The molecule has 0 spiro atoms. The van der Waals surface area contributed by atoms with Gasteiger partial charge in [0.05, 0.1) is 28.5 Å². The summed E-state index contributed by atoms with van der Waals surface area (Å²) in [5, 5.41) is 7.98. The van der Waals surface area contributed by atoms with Gasteiger partial charge >= 0.3 is 0 Å². The first-order valence-electron chi connectivity index (χ1n) is 13.5. The van der Waals surface area contributed by atoms with Crippen LogP contribution < -0.4 is 15.1 Å². The summed E-state index contributed by atoms with van der Waals surface area (Å²) >= 11 is 14.6. The summed E-state index contributed by atoms with van der Waals surface area (Å²) in [6.07, 6.45) is 4.95. The van der Waals surface area contributed by atoms with Gasteiger partial charge < -0.3 is 15.1 Å². The van der Waals surface area contributed by atoms with Crippen molar-refractivity contribution in [2.45, 2.75) is 46.2 Å². The summed E-state index contributed by atoms with van der Waals surface area (Å²) in [6.45, 7) is 11.0. The van der Waals surface area contributed by atoms with Gasteiger partial charge in [0.1, 0.15) is 0 Å². The zero-order chi connectivity index (χ0) is 27.3. The number of nitrogens with one attached hydrogen (secondary N) is 1. The Morgan fingerprint density at radius 2 is 1.82 bits per heavy atom. The lowest BCUT2D eigenvalue weighted by atomic mass is 9.91. The van der Waals surface area contributed by atoms with Crippen molar-refractivity contribution < 1.29 is 0 Å². The van der Waals surface area contributed by atoms with E-state index < -0.39 is 0 Å². The van der Waals surface area contributed by atoms with Gasteiger partial charge in [-0.1, -0.05) is 31.5 Å². The molecule has 202 valence electrons. The van der Waals surface area contributed by atoms with Crippen LogP contribution in [0.3, 0.4) is 0 Å². The summed E-state index contributed by atoms with van der Waals surface area (Å²) in [6, 6.07) is 14.5. The lowest BCUT2D eigenvalue weighted by Crippen LogP contribution is -2.38. The summed E-state index contributed by atoms with van der Waals surface area (Å²) in [5.74, 6) is 1.30. The topological polar surface area (TPSA) is 49.2 Å². The highest BCUT2D eigenvalue weighted by molar-refractivity contribution is 7.80. The van der Waals surface area contributed by atoms with Crippen molar-refractivity contribution in [3.05, 3.63) is 87.9 Å². The number of nitrogens with zero attached hydrogens (tertiary/aromatic N) is 5. The zero-order valence-electron chi connectivity index (χ0n) is 22.6. The van der Waals surface area contributed by atoms with Crippen LogP contribution in [0, 0.1) is 25.7 Å². The number of anilines is 2. The van der Waals surface area contributed by atoms with Gasteiger partial charge in [-0.15, -0.1) is 11.3 Å². The van der Waals surface area contributed by atoms with E-state index in [1.54, 1.807) is 11.3 Å². The molecule has 2 saturated heterocycles. The van der Waals surface area contributed by atoms with Crippen molar-refractivity contribution in [3.63, 3.8) is 0 Å². The lowest BCUT2D eigenvalue weighted by Gasteiger charge is -2.37.